The van der Waals surface area contributed by atoms with Gasteiger partial charge < -0.3 is 24.4 Å². The third kappa shape index (κ3) is 5.99. The van der Waals surface area contributed by atoms with Gasteiger partial charge in [0.25, 0.3) is 17.7 Å². The van der Waals surface area contributed by atoms with Crippen LogP contribution >= 0.6 is 0 Å². The minimum absolute atomic E-state index is 0.157. The van der Waals surface area contributed by atoms with Crippen LogP contribution in [-0.2, 0) is 4.79 Å². The summed E-state index contributed by atoms with van der Waals surface area (Å²) >= 11 is 0. The van der Waals surface area contributed by atoms with Crippen LogP contribution in [0.25, 0.3) is 5.57 Å². The predicted octanol–water partition coefficient (Wildman–Crippen LogP) is 5.46. The van der Waals surface area contributed by atoms with E-state index in [1.165, 1.54) is 17.2 Å². The fraction of sp³-hybridized carbons (Fsp3) is 0.344. The van der Waals surface area contributed by atoms with E-state index in [4.69, 9.17) is 4.42 Å². The van der Waals surface area contributed by atoms with Crippen LogP contribution in [0.1, 0.15) is 51.3 Å². The normalized spacial score (nSPS) is 18.1. The van der Waals surface area contributed by atoms with E-state index in [-0.39, 0.29) is 29.2 Å². The summed E-state index contributed by atoms with van der Waals surface area (Å²) in [6.07, 6.45) is 3.42. The van der Waals surface area contributed by atoms with E-state index < -0.39 is 24.2 Å². The standard InChI is InChI=1S/C32H34F2N4O4/c1-21-25(14-19-42-21)30(40)35-23-10-8-22(9-11-23)31(41)38-18-15-32(33,34)27(26-6-4-5-7-28(26)38)20-29(39)37-16-12-24(13-17-37)36(2)3/h4-11,14,19-20,24H,12-13,15-18H2,1-3H3,(H,35,40)/b27-20+. The molecule has 0 aliphatic carbocycles. The van der Waals surface area contributed by atoms with Crippen LogP contribution in [0.15, 0.2) is 71.4 Å². The van der Waals surface area contributed by atoms with E-state index in [0.29, 0.717) is 41.8 Å². The number of alkyl halides is 2. The third-order valence-electron chi connectivity index (χ3n) is 8.04. The lowest BCUT2D eigenvalue weighted by Gasteiger charge is -2.35. The van der Waals surface area contributed by atoms with Crippen LogP contribution in [0, 0.1) is 6.92 Å². The number of anilines is 2. The lowest BCUT2D eigenvalue weighted by molar-refractivity contribution is -0.127. The van der Waals surface area contributed by atoms with Crippen molar-refractivity contribution in [3.8, 4) is 0 Å². The Kier molecular flexibility index (Phi) is 8.27. The summed E-state index contributed by atoms with van der Waals surface area (Å²) in [4.78, 5) is 44.4. The molecule has 220 valence electrons. The van der Waals surface area contributed by atoms with Gasteiger partial charge in [-0.3, -0.25) is 14.4 Å². The first-order valence-electron chi connectivity index (χ1n) is 14.0. The molecule has 2 aromatic carbocycles. The molecule has 0 radical (unpaired) electrons. The van der Waals surface area contributed by atoms with E-state index in [0.717, 1.165) is 18.9 Å². The lowest BCUT2D eigenvalue weighted by Crippen LogP contribution is -2.44. The second-order valence-corrected chi connectivity index (χ2v) is 10.9. The van der Waals surface area contributed by atoms with E-state index in [1.54, 1.807) is 60.4 Å². The highest BCUT2D eigenvalue weighted by atomic mass is 19.3. The summed E-state index contributed by atoms with van der Waals surface area (Å²) in [7, 11) is 3.99. The number of rotatable bonds is 5. The van der Waals surface area contributed by atoms with Gasteiger partial charge in [-0.1, -0.05) is 18.2 Å². The molecule has 10 heteroatoms. The number of halogens is 2. The van der Waals surface area contributed by atoms with Gasteiger partial charge in [0, 0.05) is 60.6 Å². The molecule has 0 atom stereocenters. The Hall–Kier alpha value is -4.31. The average Bonchev–Trinajstić information content (AvgIpc) is 3.38. The van der Waals surface area contributed by atoms with E-state index in [1.807, 2.05) is 14.1 Å². The van der Waals surface area contributed by atoms with Crippen molar-refractivity contribution >= 4 is 34.7 Å². The molecule has 0 unspecified atom stereocenters. The number of piperidine rings is 1. The third-order valence-corrected chi connectivity index (χ3v) is 8.04. The Morgan fingerprint density at radius 3 is 2.33 bits per heavy atom. The Morgan fingerprint density at radius 1 is 1.00 bits per heavy atom. The van der Waals surface area contributed by atoms with Gasteiger partial charge in [0.05, 0.1) is 17.5 Å². The molecule has 5 rings (SSSR count). The van der Waals surface area contributed by atoms with Crippen LogP contribution in [0.4, 0.5) is 20.2 Å². The summed E-state index contributed by atoms with van der Waals surface area (Å²) in [6, 6.07) is 14.6. The van der Waals surface area contributed by atoms with E-state index in [2.05, 4.69) is 10.2 Å². The van der Waals surface area contributed by atoms with Crippen molar-refractivity contribution in [2.24, 2.45) is 0 Å². The van der Waals surface area contributed by atoms with Gasteiger partial charge in [-0.25, -0.2) is 8.78 Å². The number of fused-ring (bicyclic) bond motifs is 1. The molecule has 0 saturated carbocycles. The van der Waals surface area contributed by atoms with Gasteiger partial charge in [-0.15, -0.1) is 0 Å². The van der Waals surface area contributed by atoms with Crippen molar-refractivity contribution in [2.45, 2.75) is 38.2 Å². The molecule has 0 spiro atoms. The van der Waals surface area contributed by atoms with Crippen LogP contribution in [0.5, 0.6) is 0 Å². The van der Waals surface area contributed by atoms with Crippen molar-refractivity contribution in [1.29, 1.82) is 0 Å². The number of furan rings is 1. The van der Waals surface area contributed by atoms with Crippen LogP contribution in [0.3, 0.4) is 0 Å². The number of nitrogens with zero attached hydrogens (tertiary/aromatic N) is 3. The highest BCUT2D eigenvalue weighted by molar-refractivity contribution is 6.10. The number of carbonyl (C=O) groups is 3. The molecular weight excluding hydrogens is 542 g/mol. The summed E-state index contributed by atoms with van der Waals surface area (Å²) < 4.78 is 36.4. The number of para-hydroxylation sites is 1. The van der Waals surface area contributed by atoms with Gasteiger partial charge in [0.1, 0.15) is 5.76 Å². The number of amides is 3. The highest BCUT2D eigenvalue weighted by Crippen LogP contribution is 2.43. The number of nitrogens with one attached hydrogen (secondary N) is 1. The summed E-state index contributed by atoms with van der Waals surface area (Å²) in [6.45, 7) is 2.45. The first kappa shape index (κ1) is 29.2. The quantitative estimate of drug-likeness (QED) is 0.408. The Balaban J connectivity index is 1.38. The second-order valence-electron chi connectivity index (χ2n) is 10.9. The molecule has 3 amide bonds. The monoisotopic (exact) mass is 576 g/mol. The zero-order valence-electron chi connectivity index (χ0n) is 23.9. The Morgan fingerprint density at radius 2 is 1.69 bits per heavy atom. The van der Waals surface area contributed by atoms with Crippen molar-refractivity contribution < 1.29 is 27.6 Å². The number of benzene rings is 2. The summed E-state index contributed by atoms with van der Waals surface area (Å²) in [5, 5.41) is 2.76. The fourth-order valence-corrected chi connectivity index (χ4v) is 5.52. The molecule has 42 heavy (non-hydrogen) atoms. The first-order valence-corrected chi connectivity index (χ1v) is 14.0. The van der Waals surface area contributed by atoms with Crippen molar-refractivity contribution in [2.75, 3.05) is 43.9 Å². The van der Waals surface area contributed by atoms with Crippen molar-refractivity contribution in [3.63, 3.8) is 0 Å². The molecule has 1 aromatic heterocycles. The molecule has 8 nitrogen and oxygen atoms in total. The van der Waals surface area contributed by atoms with Gasteiger partial charge >= 0.3 is 0 Å². The molecule has 2 aliphatic rings. The minimum atomic E-state index is -3.32. The number of hydrogen-bond acceptors (Lipinski definition) is 5. The highest BCUT2D eigenvalue weighted by Gasteiger charge is 2.42. The first-order chi connectivity index (χ1) is 20.0. The smallest absolute Gasteiger partial charge is 0.275 e. The number of carbonyl (C=O) groups excluding carboxylic acids is 3. The van der Waals surface area contributed by atoms with Gasteiger partial charge in [-0.05, 0) is 70.3 Å². The SMILES string of the molecule is Cc1occc1C(=O)Nc1ccc(C(=O)N2CCC(F)(F)/C(=C/C(=O)N3CCC(N(C)C)CC3)c3ccccc32)cc1. The summed E-state index contributed by atoms with van der Waals surface area (Å²) in [5.74, 6) is -4.08. The van der Waals surface area contributed by atoms with Gasteiger partial charge in [-0.2, -0.15) is 0 Å². The van der Waals surface area contributed by atoms with Gasteiger partial charge in [0.2, 0.25) is 5.91 Å². The molecular formula is C32H34F2N4O4. The van der Waals surface area contributed by atoms with Crippen LogP contribution in [-0.4, -0.2) is 73.2 Å². The lowest BCUT2D eigenvalue weighted by atomic mass is 9.96. The molecule has 2 aliphatic heterocycles. The molecule has 1 fully saturated rings. The minimum Gasteiger partial charge on any atom is -0.469 e. The maximum atomic E-state index is 15.6. The van der Waals surface area contributed by atoms with E-state index >= 15 is 8.78 Å². The fourth-order valence-electron chi connectivity index (χ4n) is 5.52. The molecule has 0 bridgehead atoms. The number of aryl methyl sites for hydroxylation is 1. The topological polar surface area (TPSA) is 86.1 Å². The molecule has 3 aromatic rings. The van der Waals surface area contributed by atoms with Crippen molar-refractivity contribution in [3.05, 3.63) is 89.4 Å². The zero-order valence-corrected chi connectivity index (χ0v) is 23.9. The van der Waals surface area contributed by atoms with Crippen LogP contribution < -0.4 is 10.2 Å². The number of hydrogen-bond donors (Lipinski definition) is 1. The maximum absolute atomic E-state index is 15.6. The number of allylic oxidation sites excluding steroid dienone is 1. The van der Waals surface area contributed by atoms with Gasteiger partial charge in [0.15, 0.2) is 0 Å². The zero-order chi connectivity index (χ0) is 30.0. The molecule has 1 N–H and O–H groups in total. The summed E-state index contributed by atoms with van der Waals surface area (Å²) in [5.41, 5.74) is 1.25. The average molecular weight is 577 g/mol. The van der Waals surface area contributed by atoms with Crippen molar-refractivity contribution in [1.82, 2.24) is 9.80 Å². The Bertz CT molecular complexity index is 1500. The maximum Gasteiger partial charge on any atom is 0.275 e. The molecule has 1 saturated heterocycles. The second kappa shape index (κ2) is 11.9. The van der Waals surface area contributed by atoms with E-state index in [9.17, 15) is 14.4 Å². The van der Waals surface area contributed by atoms with Crippen LogP contribution in [0.2, 0.25) is 0 Å². The largest absolute Gasteiger partial charge is 0.469 e. The predicted molar refractivity (Wildman–Crippen MR) is 157 cm³/mol. The Labute approximate surface area is 243 Å². The number of likely N-dealkylation sites (tertiary alicyclic amines) is 1. The molecule has 3 heterocycles.